The maximum Gasteiger partial charge on any atom is 0.222 e. The minimum atomic E-state index is 0.320. The molecule has 0 spiro atoms. The first-order valence-electron chi connectivity index (χ1n) is 6.43. The molecular formula is C13H17N3OS. The molecule has 0 aliphatic carbocycles. The van der Waals surface area contributed by atoms with Crippen LogP contribution in [0.25, 0.3) is 0 Å². The number of likely N-dealkylation sites (tertiary alicyclic amines) is 1. The van der Waals surface area contributed by atoms with Crippen molar-refractivity contribution < 1.29 is 4.79 Å². The van der Waals surface area contributed by atoms with E-state index in [9.17, 15) is 4.79 Å². The summed E-state index contributed by atoms with van der Waals surface area (Å²) in [6.45, 7) is 2.82. The predicted octanol–water partition coefficient (Wildman–Crippen LogP) is 1.57. The van der Waals surface area contributed by atoms with Crippen LogP contribution in [-0.2, 0) is 4.79 Å². The van der Waals surface area contributed by atoms with E-state index in [1.165, 1.54) is 0 Å². The quantitative estimate of drug-likeness (QED) is 0.823. The van der Waals surface area contributed by atoms with E-state index in [0.29, 0.717) is 11.9 Å². The molecule has 1 aromatic heterocycles. The number of carbonyl (C=O) groups excluding carboxylic acids is 1. The number of rotatable bonds is 2. The fourth-order valence-corrected chi connectivity index (χ4v) is 2.96. The molecule has 96 valence electrons. The van der Waals surface area contributed by atoms with Crippen LogP contribution in [0.4, 0.5) is 5.82 Å². The zero-order valence-corrected chi connectivity index (χ0v) is 11.1. The Kier molecular flexibility index (Phi) is 3.16. The van der Waals surface area contributed by atoms with Crippen molar-refractivity contribution in [3.05, 3.63) is 18.3 Å². The van der Waals surface area contributed by atoms with Gasteiger partial charge in [0.15, 0.2) is 0 Å². The molecule has 2 aliphatic rings. The highest BCUT2D eigenvalue weighted by atomic mass is 32.1. The Labute approximate surface area is 112 Å². The van der Waals surface area contributed by atoms with Gasteiger partial charge in [0.25, 0.3) is 0 Å². The van der Waals surface area contributed by atoms with Gasteiger partial charge in [-0.15, -0.1) is 12.6 Å². The molecule has 2 aliphatic heterocycles. The van der Waals surface area contributed by atoms with Crippen molar-refractivity contribution in [2.75, 3.05) is 24.5 Å². The molecule has 2 fully saturated rings. The molecule has 0 bridgehead atoms. The standard InChI is InChI=1S/C13H17N3OS/c17-13-2-1-6-16(13)10-5-7-15(9-10)12-4-3-11(18)8-14-12/h3-4,8,10,18H,1-2,5-7,9H2. The summed E-state index contributed by atoms with van der Waals surface area (Å²) in [7, 11) is 0. The van der Waals surface area contributed by atoms with Gasteiger partial charge in [0.1, 0.15) is 5.82 Å². The van der Waals surface area contributed by atoms with Gasteiger partial charge in [-0.25, -0.2) is 4.98 Å². The van der Waals surface area contributed by atoms with E-state index < -0.39 is 0 Å². The fraction of sp³-hybridized carbons (Fsp3) is 0.538. The van der Waals surface area contributed by atoms with Crippen molar-refractivity contribution in [1.29, 1.82) is 0 Å². The van der Waals surface area contributed by atoms with Gasteiger partial charge < -0.3 is 9.80 Å². The lowest BCUT2D eigenvalue weighted by molar-refractivity contribution is -0.129. The van der Waals surface area contributed by atoms with Crippen molar-refractivity contribution in [3.8, 4) is 0 Å². The molecule has 1 aromatic rings. The molecule has 0 radical (unpaired) electrons. The van der Waals surface area contributed by atoms with E-state index >= 15 is 0 Å². The lowest BCUT2D eigenvalue weighted by atomic mass is 10.2. The molecule has 2 saturated heterocycles. The van der Waals surface area contributed by atoms with E-state index in [4.69, 9.17) is 0 Å². The second-order valence-corrected chi connectivity index (χ2v) is 5.47. The molecule has 18 heavy (non-hydrogen) atoms. The minimum absolute atomic E-state index is 0.320. The SMILES string of the molecule is O=C1CCCN1C1CCN(c2ccc(S)cn2)C1. The summed E-state index contributed by atoms with van der Waals surface area (Å²) in [5, 5.41) is 0. The summed E-state index contributed by atoms with van der Waals surface area (Å²) in [5.74, 6) is 1.31. The van der Waals surface area contributed by atoms with Crippen LogP contribution in [0.5, 0.6) is 0 Å². The molecule has 1 atom stereocenters. The first kappa shape index (κ1) is 11.8. The third-order valence-electron chi connectivity index (χ3n) is 3.77. The first-order valence-corrected chi connectivity index (χ1v) is 6.88. The number of amides is 1. The summed E-state index contributed by atoms with van der Waals surface area (Å²) < 4.78 is 0. The largest absolute Gasteiger partial charge is 0.354 e. The number of nitrogens with zero attached hydrogens (tertiary/aromatic N) is 3. The summed E-state index contributed by atoms with van der Waals surface area (Å²) in [5.41, 5.74) is 0. The van der Waals surface area contributed by atoms with Crippen molar-refractivity contribution >= 4 is 24.4 Å². The van der Waals surface area contributed by atoms with Crippen LogP contribution in [0.15, 0.2) is 23.2 Å². The van der Waals surface area contributed by atoms with Crippen LogP contribution in [-0.4, -0.2) is 41.5 Å². The van der Waals surface area contributed by atoms with Gasteiger partial charge in [-0.2, -0.15) is 0 Å². The van der Waals surface area contributed by atoms with E-state index in [2.05, 4.69) is 22.5 Å². The molecule has 3 rings (SSSR count). The zero-order valence-electron chi connectivity index (χ0n) is 10.2. The van der Waals surface area contributed by atoms with E-state index in [-0.39, 0.29) is 0 Å². The molecule has 0 saturated carbocycles. The van der Waals surface area contributed by atoms with Crippen LogP contribution < -0.4 is 4.90 Å². The van der Waals surface area contributed by atoms with Crippen molar-refractivity contribution in [1.82, 2.24) is 9.88 Å². The molecule has 4 nitrogen and oxygen atoms in total. The van der Waals surface area contributed by atoms with Crippen molar-refractivity contribution in [2.24, 2.45) is 0 Å². The highest BCUT2D eigenvalue weighted by Crippen LogP contribution is 2.24. The molecule has 1 unspecified atom stereocenters. The summed E-state index contributed by atoms with van der Waals surface area (Å²) in [6, 6.07) is 4.33. The monoisotopic (exact) mass is 263 g/mol. The van der Waals surface area contributed by atoms with Crippen molar-refractivity contribution in [2.45, 2.75) is 30.2 Å². The normalized spacial score (nSPS) is 24.1. The third kappa shape index (κ3) is 2.19. The fourth-order valence-electron chi connectivity index (χ4n) is 2.82. The highest BCUT2D eigenvalue weighted by Gasteiger charge is 2.33. The molecular weight excluding hydrogens is 246 g/mol. The van der Waals surface area contributed by atoms with E-state index in [1.54, 1.807) is 6.20 Å². The Balaban J connectivity index is 1.68. The van der Waals surface area contributed by atoms with Crippen LogP contribution in [0.1, 0.15) is 19.3 Å². The Bertz CT molecular complexity index is 448. The van der Waals surface area contributed by atoms with E-state index in [0.717, 1.165) is 49.6 Å². The molecule has 5 heteroatoms. The van der Waals surface area contributed by atoms with Crippen LogP contribution in [0.3, 0.4) is 0 Å². The second kappa shape index (κ2) is 4.80. The average Bonchev–Trinajstić information content (AvgIpc) is 2.98. The number of pyridine rings is 1. The Hall–Kier alpha value is -1.23. The maximum absolute atomic E-state index is 11.7. The van der Waals surface area contributed by atoms with Crippen LogP contribution in [0, 0.1) is 0 Å². The Morgan fingerprint density at radius 2 is 2.22 bits per heavy atom. The zero-order chi connectivity index (χ0) is 12.5. The maximum atomic E-state index is 11.7. The molecule has 1 amide bonds. The molecule has 0 aromatic carbocycles. The number of hydrogen-bond donors (Lipinski definition) is 1. The molecule has 3 heterocycles. The minimum Gasteiger partial charge on any atom is -0.354 e. The molecule has 0 N–H and O–H groups in total. The van der Waals surface area contributed by atoms with Crippen molar-refractivity contribution in [3.63, 3.8) is 0 Å². The van der Waals surface area contributed by atoms with Gasteiger partial charge in [-0.1, -0.05) is 0 Å². The van der Waals surface area contributed by atoms with Gasteiger partial charge in [-0.05, 0) is 25.0 Å². The lowest BCUT2D eigenvalue weighted by Gasteiger charge is -2.24. The predicted molar refractivity (Wildman–Crippen MR) is 73.1 cm³/mol. The third-order valence-corrected chi connectivity index (χ3v) is 4.03. The van der Waals surface area contributed by atoms with E-state index in [1.807, 2.05) is 17.0 Å². The topological polar surface area (TPSA) is 36.4 Å². The second-order valence-electron chi connectivity index (χ2n) is 4.95. The van der Waals surface area contributed by atoms with Gasteiger partial charge in [0.05, 0.1) is 6.04 Å². The smallest absolute Gasteiger partial charge is 0.222 e. The number of aromatic nitrogens is 1. The average molecular weight is 263 g/mol. The van der Waals surface area contributed by atoms with Gasteiger partial charge >= 0.3 is 0 Å². The van der Waals surface area contributed by atoms with Crippen LogP contribution >= 0.6 is 12.6 Å². The first-order chi connectivity index (χ1) is 8.74. The summed E-state index contributed by atoms with van der Waals surface area (Å²) in [6.07, 6.45) is 4.56. The number of anilines is 1. The number of thiol groups is 1. The van der Waals surface area contributed by atoms with Gasteiger partial charge in [0, 0.05) is 37.1 Å². The van der Waals surface area contributed by atoms with Gasteiger partial charge in [0.2, 0.25) is 5.91 Å². The Morgan fingerprint density at radius 3 is 2.89 bits per heavy atom. The van der Waals surface area contributed by atoms with Gasteiger partial charge in [-0.3, -0.25) is 4.79 Å². The lowest BCUT2D eigenvalue weighted by Crippen LogP contribution is -2.38. The number of hydrogen-bond acceptors (Lipinski definition) is 4. The number of carbonyl (C=O) groups is 1. The van der Waals surface area contributed by atoms with Crippen LogP contribution in [0.2, 0.25) is 0 Å². The highest BCUT2D eigenvalue weighted by molar-refractivity contribution is 7.80. The Morgan fingerprint density at radius 1 is 1.33 bits per heavy atom. The summed E-state index contributed by atoms with van der Waals surface area (Å²) >= 11 is 4.24. The summed E-state index contributed by atoms with van der Waals surface area (Å²) in [4.78, 5) is 21.3.